The molecule has 154 valence electrons. The Morgan fingerprint density at radius 2 is 1.90 bits per heavy atom. The summed E-state index contributed by atoms with van der Waals surface area (Å²) in [5, 5.41) is 3.56. The van der Waals surface area contributed by atoms with E-state index in [0.29, 0.717) is 25.3 Å². The summed E-state index contributed by atoms with van der Waals surface area (Å²) in [5.74, 6) is 1.63. The average Bonchev–Trinajstić information content (AvgIpc) is 3.34. The number of amides is 1. The second-order valence-corrected chi connectivity index (χ2v) is 7.61. The molecule has 0 unspecified atom stereocenters. The predicted molar refractivity (Wildman–Crippen MR) is 114 cm³/mol. The molecule has 1 saturated heterocycles. The van der Waals surface area contributed by atoms with Crippen LogP contribution >= 0.6 is 0 Å². The Bertz CT molecular complexity index is 1020. The SMILES string of the molecule is O=C(c1ccc(-n2ccnc2)cc1)N1CCC[C@@H](Nc2ccc3c(c2)OCCO3)C1. The fourth-order valence-electron chi connectivity index (χ4n) is 4.02. The Balaban J connectivity index is 1.24. The molecule has 1 N–H and O–H groups in total. The van der Waals surface area contributed by atoms with Crippen LogP contribution in [0.15, 0.2) is 61.2 Å². The molecule has 2 aliphatic heterocycles. The van der Waals surface area contributed by atoms with E-state index in [0.717, 1.165) is 42.3 Å². The highest BCUT2D eigenvalue weighted by atomic mass is 16.6. The first-order valence-corrected chi connectivity index (χ1v) is 10.3. The molecule has 2 aromatic carbocycles. The third kappa shape index (κ3) is 3.83. The molecular weight excluding hydrogens is 380 g/mol. The van der Waals surface area contributed by atoms with Gasteiger partial charge in [0.1, 0.15) is 13.2 Å². The first kappa shape index (κ1) is 18.5. The lowest BCUT2D eigenvalue weighted by Crippen LogP contribution is -2.45. The number of nitrogens with one attached hydrogen (secondary N) is 1. The van der Waals surface area contributed by atoms with Gasteiger partial charge in [-0.25, -0.2) is 4.98 Å². The number of benzene rings is 2. The number of carbonyl (C=O) groups excluding carboxylic acids is 1. The number of piperidine rings is 1. The third-order valence-corrected chi connectivity index (χ3v) is 5.54. The van der Waals surface area contributed by atoms with Crippen LogP contribution in [-0.4, -0.2) is 52.7 Å². The number of aromatic nitrogens is 2. The second-order valence-electron chi connectivity index (χ2n) is 7.61. The summed E-state index contributed by atoms with van der Waals surface area (Å²) in [6.07, 6.45) is 7.37. The van der Waals surface area contributed by atoms with Crippen LogP contribution in [0.25, 0.3) is 5.69 Å². The van der Waals surface area contributed by atoms with Gasteiger partial charge in [-0.05, 0) is 49.2 Å². The van der Waals surface area contributed by atoms with Gasteiger partial charge in [0.25, 0.3) is 5.91 Å². The summed E-state index contributed by atoms with van der Waals surface area (Å²) in [5.41, 5.74) is 2.68. The first-order chi connectivity index (χ1) is 14.8. The number of rotatable bonds is 4. The highest BCUT2D eigenvalue weighted by Gasteiger charge is 2.25. The third-order valence-electron chi connectivity index (χ3n) is 5.54. The van der Waals surface area contributed by atoms with E-state index in [2.05, 4.69) is 10.3 Å². The standard InChI is InChI=1S/C23H24N4O3/c28-23(17-3-6-20(7-4-17)27-11-9-24-16-27)26-10-1-2-19(15-26)25-18-5-8-21-22(14-18)30-13-12-29-21/h3-9,11,14,16,19,25H,1-2,10,12-13,15H2/t19-/m1/s1. The molecule has 30 heavy (non-hydrogen) atoms. The maximum atomic E-state index is 13.0. The van der Waals surface area contributed by atoms with Gasteiger partial charge in [0.2, 0.25) is 0 Å². The molecule has 7 nitrogen and oxygen atoms in total. The van der Waals surface area contributed by atoms with Crippen molar-refractivity contribution in [3.8, 4) is 17.2 Å². The van der Waals surface area contributed by atoms with Crippen LogP contribution in [0.1, 0.15) is 23.2 Å². The molecule has 0 spiro atoms. The molecule has 0 aliphatic carbocycles. The zero-order valence-corrected chi connectivity index (χ0v) is 16.7. The second kappa shape index (κ2) is 8.10. The number of fused-ring (bicyclic) bond motifs is 1. The number of anilines is 1. The molecule has 1 atom stereocenters. The number of hydrogen-bond donors (Lipinski definition) is 1. The Labute approximate surface area is 175 Å². The smallest absolute Gasteiger partial charge is 0.253 e. The van der Waals surface area contributed by atoms with Crippen LogP contribution in [0.3, 0.4) is 0 Å². The van der Waals surface area contributed by atoms with Gasteiger partial charge in [-0.2, -0.15) is 0 Å². The normalized spacial score (nSPS) is 18.1. The molecule has 1 aromatic heterocycles. The van der Waals surface area contributed by atoms with Crippen molar-refractivity contribution in [2.45, 2.75) is 18.9 Å². The van der Waals surface area contributed by atoms with Crippen LogP contribution in [0.4, 0.5) is 5.69 Å². The number of ether oxygens (including phenoxy) is 2. The van der Waals surface area contributed by atoms with Crippen molar-refractivity contribution in [1.82, 2.24) is 14.5 Å². The van der Waals surface area contributed by atoms with Gasteiger partial charge in [0, 0.05) is 54.5 Å². The van der Waals surface area contributed by atoms with Gasteiger partial charge >= 0.3 is 0 Å². The highest BCUT2D eigenvalue weighted by molar-refractivity contribution is 5.94. The van der Waals surface area contributed by atoms with Crippen molar-refractivity contribution in [2.24, 2.45) is 0 Å². The molecule has 3 heterocycles. The zero-order valence-electron chi connectivity index (χ0n) is 16.7. The molecule has 2 aliphatic rings. The van der Waals surface area contributed by atoms with Crippen LogP contribution < -0.4 is 14.8 Å². The predicted octanol–water partition coefficient (Wildman–Crippen LogP) is 3.36. The van der Waals surface area contributed by atoms with Crippen LogP contribution in [0.2, 0.25) is 0 Å². The van der Waals surface area contributed by atoms with E-state index in [1.165, 1.54) is 0 Å². The summed E-state index contributed by atoms with van der Waals surface area (Å²) in [6.45, 7) is 2.61. The lowest BCUT2D eigenvalue weighted by atomic mass is 10.0. The fraction of sp³-hybridized carbons (Fsp3) is 0.304. The first-order valence-electron chi connectivity index (χ1n) is 10.3. The molecule has 0 bridgehead atoms. The molecule has 0 saturated carbocycles. The molecule has 1 fully saturated rings. The fourth-order valence-corrected chi connectivity index (χ4v) is 4.02. The quantitative estimate of drug-likeness (QED) is 0.722. The lowest BCUT2D eigenvalue weighted by molar-refractivity contribution is 0.0715. The van der Waals surface area contributed by atoms with E-state index in [9.17, 15) is 4.79 Å². The lowest BCUT2D eigenvalue weighted by Gasteiger charge is -2.34. The minimum absolute atomic E-state index is 0.0702. The van der Waals surface area contributed by atoms with Gasteiger partial charge in [0.05, 0.1) is 6.33 Å². The average molecular weight is 404 g/mol. The minimum Gasteiger partial charge on any atom is -0.486 e. The van der Waals surface area contributed by atoms with E-state index in [-0.39, 0.29) is 11.9 Å². The van der Waals surface area contributed by atoms with Gasteiger partial charge in [-0.1, -0.05) is 0 Å². The van der Waals surface area contributed by atoms with E-state index < -0.39 is 0 Å². The van der Waals surface area contributed by atoms with Crippen molar-refractivity contribution in [3.05, 3.63) is 66.7 Å². The zero-order chi connectivity index (χ0) is 20.3. The van der Waals surface area contributed by atoms with E-state index >= 15 is 0 Å². The van der Waals surface area contributed by atoms with Crippen molar-refractivity contribution < 1.29 is 14.3 Å². The Hall–Kier alpha value is -3.48. The van der Waals surface area contributed by atoms with E-state index in [1.54, 1.807) is 12.5 Å². The number of hydrogen-bond acceptors (Lipinski definition) is 5. The van der Waals surface area contributed by atoms with Crippen molar-refractivity contribution in [1.29, 1.82) is 0 Å². The number of carbonyl (C=O) groups is 1. The van der Waals surface area contributed by atoms with Gasteiger partial charge in [-0.3, -0.25) is 4.79 Å². The van der Waals surface area contributed by atoms with Crippen molar-refractivity contribution in [2.75, 3.05) is 31.6 Å². The molecule has 3 aromatic rings. The Morgan fingerprint density at radius 3 is 2.70 bits per heavy atom. The Morgan fingerprint density at radius 1 is 1.07 bits per heavy atom. The maximum absolute atomic E-state index is 13.0. The van der Waals surface area contributed by atoms with Gasteiger partial charge in [-0.15, -0.1) is 0 Å². The number of imidazole rings is 1. The molecular formula is C23H24N4O3. The van der Waals surface area contributed by atoms with E-state index in [1.807, 2.05) is 58.1 Å². The minimum atomic E-state index is 0.0702. The summed E-state index contributed by atoms with van der Waals surface area (Å²) >= 11 is 0. The van der Waals surface area contributed by atoms with Gasteiger partial charge in [0.15, 0.2) is 11.5 Å². The van der Waals surface area contributed by atoms with Gasteiger partial charge < -0.3 is 24.3 Å². The monoisotopic (exact) mass is 404 g/mol. The van der Waals surface area contributed by atoms with Crippen LogP contribution in [-0.2, 0) is 0 Å². The molecule has 0 radical (unpaired) electrons. The molecule has 5 rings (SSSR count). The van der Waals surface area contributed by atoms with Crippen LogP contribution in [0.5, 0.6) is 11.5 Å². The number of nitrogens with zero attached hydrogens (tertiary/aromatic N) is 3. The molecule has 7 heteroatoms. The molecule has 1 amide bonds. The largest absolute Gasteiger partial charge is 0.486 e. The number of likely N-dealkylation sites (tertiary alicyclic amines) is 1. The summed E-state index contributed by atoms with van der Waals surface area (Å²) in [7, 11) is 0. The highest BCUT2D eigenvalue weighted by Crippen LogP contribution is 2.33. The topological polar surface area (TPSA) is 68.6 Å². The summed E-state index contributed by atoms with van der Waals surface area (Å²) in [6, 6.07) is 13.8. The van der Waals surface area contributed by atoms with Crippen molar-refractivity contribution in [3.63, 3.8) is 0 Å². The Kier molecular flexibility index (Phi) is 5.01. The van der Waals surface area contributed by atoms with E-state index in [4.69, 9.17) is 9.47 Å². The summed E-state index contributed by atoms with van der Waals surface area (Å²) < 4.78 is 13.2. The summed E-state index contributed by atoms with van der Waals surface area (Å²) in [4.78, 5) is 19.0. The maximum Gasteiger partial charge on any atom is 0.253 e. The van der Waals surface area contributed by atoms with Crippen molar-refractivity contribution >= 4 is 11.6 Å². The van der Waals surface area contributed by atoms with Crippen LogP contribution in [0, 0.1) is 0 Å².